The summed E-state index contributed by atoms with van der Waals surface area (Å²) in [6.45, 7) is 3.29. The first kappa shape index (κ1) is 9.77. The van der Waals surface area contributed by atoms with Gasteiger partial charge >= 0.3 is 0 Å². The van der Waals surface area contributed by atoms with E-state index in [1.54, 1.807) is 12.1 Å². The van der Waals surface area contributed by atoms with Crippen LogP contribution in [0.3, 0.4) is 0 Å². The van der Waals surface area contributed by atoms with Crippen molar-refractivity contribution in [3.63, 3.8) is 0 Å². The van der Waals surface area contributed by atoms with Crippen molar-refractivity contribution in [3.05, 3.63) is 35.9 Å². The van der Waals surface area contributed by atoms with E-state index < -0.39 is 0 Å². The Morgan fingerprint density at radius 3 is 2.46 bits per heavy atom. The van der Waals surface area contributed by atoms with Crippen LogP contribution in [0.5, 0.6) is 5.75 Å². The number of phenols is 1. The number of phenolic OH excluding ortho intramolecular Hbond substituents is 1. The van der Waals surface area contributed by atoms with Crippen molar-refractivity contribution >= 4 is 5.57 Å². The maximum absolute atomic E-state index is 9.44. The molecule has 1 aromatic carbocycles. The van der Waals surface area contributed by atoms with Gasteiger partial charge in [-0.05, 0) is 17.2 Å². The minimum Gasteiger partial charge on any atom is -0.507 e. The van der Waals surface area contributed by atoms with Crippen LogP contribution in [-0.2, 0) is 6.61 Å². The van der Waals surface area contributed by atoms with Gasteiger partial charge in [0.15, 0.2) is 0 Å². The first-order valence-corrected chi connectivity index (χ1v) is 3.90. The van der Waals surface area contributed by atoms with Gasteiger partial charge in [-0.25, -0.2) is 0 Å². The minimum absolute atomic E-state index is 0.0330. The number of aromatic hydroxyl groups is 1. The smallest absolute Gasteiger partial charge is 0.123 e. The normalized spacial score (nSPS) is 10.0. The van der Waals surface area contributed by atoms with Gasteiger partial charge in [0.05, 0.1) is 13.2 Å². The molecule has 0 aliphatic rings. The van der Waals surface area contributed by atoms with Crippen LogP contribution in [0.2, 0.25) is 0 Å². The van der Waals surface area contributed by atoms with Crippen LogP contribution in [0, 0.1) is 0 Å². The van der Waals surface area contributed by atoms with E-state index in [4.69, 9.17) is 10.2 Å². The van der Waals surface area contributed by atoms with E-state index in [-0.39, 0.29) is 19.0 Å². The quantitative estimate of drug-likeness (QED) is 0.647. The minimum atomic E-state index is -0.188. The summed E-state index contributed by atoms with van der Waals surface area (Å²) in [6, 6.07) is 4.76. The second kappa shape index (κ2) is 4.07. The maximum Gasteiger partial charge on any atom is 0.123 e. The number of hydrogen-bond donors (Lipinski definition) is 3. The second-order valence-electron chi connectivity index (χ2n) is 2.77. The summed E-state index contributed by atoms with van der Waals surface area (Å²) in [4.78, 5) is 0. The Morgan fingerprint density at radius 2 is 2.00 bits per heavy atom. The van der Waals surface area contributed by atoms with Crippen LogP contribution in [0.4, 0.5) is 0 Å². The van der Waals surface area contributed by atoms with Crippen molar-refractivity contribution in [3.8, 4) is 5.75 Å². The SMILES string of the molecule is C=C(CO)c1ccc(CO)cc1O. The first-order chi connectivity index (χ1) is 6.19. The summed E-state index contributed by atoms with van der Waals surface area (Å²) >= 11 is 0. The van der Waals surface area contributed by atoms with Gasteiger partial charge in [0.2, 0.25) is 0 Å². The third-order valence-electron chi connectivity index (χ3n) is 1.82. The van der Waals surface area contributed by atoms with Gasteiger partial charge in [-0.1, -0.05) is 18.7 Å². The van der Waals surface area contributed by atoms with Crippen molar-refractivity contribution in [2.24, 2.45) is 0 Å². The molecule has 0 unspecified atom stereocenters. The highest BCUT2D eigenvalue weighted by Crippen LogP contribution is 2.24. The Morgan fingerprint density at radius 1 is 1.31 bits per heavy atom. The van der Waals surface area contributed by atoms with E-state index in [1.807, 2.05) is 0 Å². The molecule has 1 aromatic rings. The van der Waals surface area contributed by atoms with E-state index in [2.05, 4.69) is 6.58 Å². The van der Waals surface area contributed by atoms with Gasteiger partial charge in [-0.3, -0.25) is 0 Å². The van der Waals surface area contributed by atoms with Gasteiger partial charge in [-0.15, -0.1) is 0 Å². The van der Waals surface area contributed by atoms with E-state index in [0.29, 0.717) is 16.7 Å². The largest absolute Gasteiger partial charge is 0.507 e. The summed E-state index contributed by atoms with van der Waals surface area (Å²) < 4.78 is 0. The third kappa shape index (κ3) is 2.08. The summed E-state index contributed by atoms with van der Waals surface area (Å²) in [5.74, 6) is 0.0330. The number of benzene rings is 1. The Balaban J connectivity index is 3.05. The van der Waals surface area contributed by atoms with E-state index in [0.717, 1.165) is 0 Å². The van der Waals surface area contributed by atoms with Gasteiger partial charge in [-0.2, -0.15) is 0 Å². The van der Waals surface area contributed by atoms with Crippen LogP contribution >= 0.6 is 0 Å². The zero-order valence-electron chi connectivity index (χ0n) is 7.20. The molecule has 0 spiro atoms. The molecule has 3 nitrogen and oxygen atoms in total. The molecule has 0 aliphatic heterocycles. The average Bonchev–Trinajstić information content (AvgIpc) is 2.16. The molecule has 0 saturated heterocycles. The molecule has 0 radical (unpaired) electrons. The van der Waals surface area contributed by atoms with Crippen molar-refractivity contribution < 1.29 is 15.3 Å². The van der Waals surface area contributed by atoms with Gasteiger partial charge in [0.1, 0.15) is 5.75 Å². The fraction of sp³-hybridized carbons (Fsp3) is 0.200. The molecule has 0 heterocycles. The molecule has 0 atom stereocenters. The lowest BCUT2D eigenvalue weighted by Crippen LogP contribution is -1.91. The molecule has 3 heteroatoms. The lowest BCUT2D eigenvalue weighted by molar-refractivity contribution is 0.281. The molecule has 0 saturated carbocycles. The highest BCUT2D eigenvalue weighted by atomic mass is 16.3. The molecular weight excluding hydrogens is 168 g/mol. The van der Waals surface area contributed by atoms with Crippen LogP contribution in [0.15, 0.2) is 24.8 Å². The van der Waals surface area contributed by atoms with Crippen molar-refractivity contribution in [1.82, 2.24) is 0 Å². The highest BCUT2D eigenvalue weighted by Gasteiger charge is 2.04. The molecule has 13 heavy (non-hydrogen) atoms. The van der Waals surface area contributed by atoms with Crippen molar-refractivity contribution in [1.29, 1.82) is 0 Å². The van der Waals surface area contributed by atoms with Crippen molar-refractivity contribution in [2.75, 3.05) is 6.61 Å². The predicted octanol–water partition coefficient (Wildman–Crippen LogP) is 0.890. The lowest BCUT2D eigenvalue weighted by Gasteiger charge is -2.06. The maximum atomic E-state index is 9.44. The zero-order chi connectivity index (χ0) is 9.84. The fourth-order valence-electron chi connectivity index (χ4n) is 1.06. The number of aliphatic hydroxyl groups is 2. The first-order valence-electron chi connectivity index (χ1n) is 3.90. The topological polar surface area (TPSA) is 60.7 Å². The van der Waals surface area contributed by atoms with Gasteiger partial charge < -0.3 is 15.3 Å². The van der Waals surface area contributed by atoms with E-state index >= 15 is 0 Å². The summed E-state index contributed by atoms with van der Waals surface area (Å²) in [5, 5.41) is 27.0. The zero-order valence-corrected chi connectivity index (χ0v) is 7.20. The summed E-state index contributed by atoms with van der Waals surface area (Å²) in [6.07, 6.45) is 0. The number of hydrogen-bond acceptors (Lipinski definition) is 3. The predicted molar refractivity (Wildman–Crippen MR) is 50.1 cm³/mol. The van der Waals surface area contributed by atoms with Crippen LogP contribution in [0.1, 0.15) is 11.1 Å². The Hall–Kier alpha value is -1.32. The molecule has 0 bridgehead atoms. The third-order valence-corrected chi connectivity index (χ3v) is 1.82. The van der Waals surface area contributed by atoms with Gasteiger partial charge in [0.25, 0.3) is 0 Å². The molecule has 0 aliphatic carbocycles. The number of rotatable bonds is 3. The highest BCUT2D eigenvalue weighted by molar-refractivity contribution is 5.69. The number of aliphatic hydroxyl groups excluding tert-OH is 2. The van der Waals surface area contributed by atoms with Gasteiger partial charge in [0, 0.05) is 5.56 Å². The van der Waals surface area contributed by atoms with Crippen LogP contribution in [0.25, 0.3) is 5.57 Å². The molecular formula is C10H12O3. The fourth-order valence-corrected chi connectivity index (χ4v) is 1.06. The average molecular weight is 180 g/mol. The monoisotopic (exact) mass is 180 g/mol. The van der Waals surface area contributed by atoms with Crippen LogP contribution < -0.4 is 0 Å². The standard InChI is InChI=1S/C10H12O3/c1-7(5-11)9-3-2-8(6-12)4-10(9)13/h2-4,11-13H,1,5-6H2. The molecule has 3 N–H and O–H groups in total. The summed E-state index contributed by atoms with van der Waals surface area (Å²) in [7, 11) is 0. The van der Waals surface area contributed by atoms with E-state index in [9.17, 15) is 5.11 Å². The Labute approximate surface area is 76.6 Å². The lowest BCUT2D eigenvalue weighted by atomic mass is 10.0. The van der Waals surface area contributed by atoms with Crippen LogP contribution in [-0.4, -0.2) is 21.9 Å². The molecule has 70 valence electrons. The molecule has 1 rings (SSSR count). The second-order valence-corrected chi connectivity index (χ2v) is 2.77. The van der Waals surface area contributed by atoms with E-state index in [1.165, 1.54) is 6.07 Å². The van der Waals surface area contributed by atoms with Crippen molar-refractivity contribution in [2.45, 2.75) is 6.61 Å². The Kier molecular flexibility index (Phi) is 3.06. The molecule has 0 amide bonds. The summed E-state index contributed by atoms with van der Waals surface area (Å²) in [5.41, 5.74) is 1.61. The molecule has 0 aromatic heterocycles. The Bertz CT molecular complexity index is 318. The molecule has 0 fully saturated rings.